The second-order valence-corrected chi connectivity index (χ2v) is 11.3. The lowest BCUT2D eigenvalue weighted by Crippen LogP contribution is -2.26. The molecule has 0 radical (unpaired) electrons. The lowest BCUT2D eigenvalue weighted by atomic mass is 10.1. The van der Waals surface area contributed by atoms with Gasteiger partial charge >= 0.3 is 6.61 Å². The van der Waals surface area contributed by atoms with Crippen molar-refractivity contribution < 1.29 is 21.9 Å². The molecule has 0 aliphatic heterocycles. The van der Waals surface area contributed by atoms with Crippen LogP contribution >= 0.6 is 0 Å². The maximum Gasteiger partial charge on any atom is 0.387 e. The zero-order valence-corrected chi connectivity index (χ0v) is 18.8. The number of halogens is 2. The van der Waals surface area contributed by atoms with E-state index in [1.807, 2.05) is 4.57 Å². The second kappa shape index (κ2) is 7.73. The van der Waals surface area contributed by atoms with Crippen LogP contribution in [0.15, 0.2) is 42.5 Å². The number of fused-ring (bicyclic) bond motifs is 1. The van der Waals surface area contributed by atoms with Crippen LogP contribution in [0, 0.1) is 17.2 Å². The minimum absolute atomic E-state index is 0.0430. The van der Waals surface area contributed by atoms with Crippen molar-refractivity contribution in [2.24, 2.45) is 5.92 Å². The number of sulfonamides is 1. The molecular formula is C24H23F2N3O3S. The summed E-state index contributed by atoms with van der Waals surface area (Å²) in [5.74, 6) is 0.511. The van der Waals surface area contributed by atoms with Crippen molar-refractivity contribution in [3.8, 4) is 23.1 Å². The first kappa shape index (κ1) is 21.7. The lowest BCUT2D eigenvalue weighted by Gasteiger charge is -2.14. The summed E-state index contributed by atoms with van der Waals surface area (Å²) in [5, 5.41) is 10.6. The maximum atomic E-state index is 12.8. The molecule has 2 saturated carbocycles. The van der Waals surface area contributed by atoms with E-state index >= 15 is 0 Å². The first-order valence-electron chi connectivity index (χ1n) is 10.8. The Kier molecular flexibility index (Phi) is 5.09. The standard InChI is InChI=1S/C24H23F2N3O3S/c1-24(10-11-24)33(30,31)28-17-6-4-16(5-7-17)22-20(13-27)19-9-8-18(32-23(25)26)12-21(19)29(22)14-15-2-3-15/h4-9,12,15,23,28H,2-3,10-11,14H2,1H3. The number of hydrogen-bond acceptors (Lipinski definition) is 4. The van der Waals surface area contributed by atoms with E-state index in [9.17, 15) is 22.5 Å². The third kappa shape index (κ3) is 4.04. The molecule has 1 N–H and O–H groups in total. The normalized spacial score (nSPS) is 17.2. The van der Waals surface area contributed by atoms with Crippen molar-refractivity contribution in [1.82, 2.24) is 4.57 Å². The predicted molar refractivity (Wildman–Crippen MR) is 122 cm³/mol. The van der Waals surface area contributed by atoms with Gasteiger partial charge < -0.3 is 9.30 Å². The molecule has 2 aromatic carbocycles. The van der Waals surface area contributed by atoms with Gasteiger partial charge in [-0.25, -0.2) is 8.42 Å². The van der Waals surface area contributed by atoms with E-state index < -0.39 is 21.4 Å². The molecule has 2 fully saturated rings. The van der Waals surface area contributed by atoms with Gasteiger partial charge in [0.15, 0.2) is 0 Å². The number of nitrogens with one attached hydrogen (secondary N) is 1. The Morgan fingerprint density at radius 3 is 2.48 bits per heavy atom. The van der Waals surface area contributed by atoms with Crippen LogP contribution in [0.1, 0.15) is 38.2 Å². The van der Waals surface area contributed by atoms with Crippen LogP contribution in [0.25, 0.3) is 22.2 Å². The maximum absolute atomic E-state index is 12.8. The fraction of sp³-hybridized carbons (Fsp3) is 0.375. The van der Waals surface area contributed by atoms with Gasteiger partial charge in [0.1, 0.15) is 11.8 Å². The van der Waals surface area contributed by atoms with E-state index in [0.717, 1.165) is 18.4 Å². The van der Waals surface area contributed by atoms with Crippen LogP contribution < -0.4 is 9.46 Å². The number of benzene rings is 2. The van der Waals surface area contributed by atoms with Gasteiger partial charge in [0.05, 0.1) is 21.5 Å². The highest BCUT2D eigenvalue weighted by Crippen LogP contribution is 2.44. The Morgan fingerprint density at radius 2 is 1.91 bits per heavy atom. The average Bonchev–Trinajstić information content (AvgIpc) is 3.69. The third-order valence-corrected chi connectivity index (χ3v) is 8.73. The van der Waals surface area contributed by atoms with Crippen LogP contribution in [0.3, 0.4) is 0 Å². The zero-order chi connectivity index (χ0) is 23.4. The Morgan fingerprint density at radius 1 is 1.21 bits per heavy atom. The number of rotatable bonds is 8. The molecule has 0 atom stereocenters. The van der Waals surface area contributed by atoms with Crippen molar-refractivity contribution in [3.63, 3.8) is 0 Å². The van der Waals surface area contributed by atoms with Crippen molar-refractivity contribution in [3.05, 3.63) is 48.0 Å². The molecule has 33 heavy (non-hydrogen) atoms. The first-order chi connectivity index (χ1) is 15.7. The minimum Gasteiger partial charge on any atom is -0.435 e. The number of nitrogens with zero attached hydrogens (tertiary/aromatic N) is 2. The van der Waals surface area contributed by atoms with Gasteiger partial charge in [0.25, 0.3) is 0 Å². The quantitative estimate of drug-likeness (QED) is 0.471. The summed E-state index contributed by atoms with van der Waals surface area (Å²) in [6, 6.07) is 13.8. The smallest absolute Gasteiger partial charge is 0.387 e. The molecule has 0 unspecified atom stereocenters. The third-order valence-electron chi connectivity index (χ3n) is 6.52. The van der Waals surface area contributed by atoms with Crippen molar-refractivity contribution in [1.29, 1.82) is 5.26 Å². The van der Waals surface area contributed by atoms with Gasteiger partial charge in [-0.05, 0) is 68.4 Å². The fourth-order valence-corrected chi connectivity index (χ4v) is 5.42. The van der Waals surface area contributed by atoms with Crippen molar-refractivity contribution in [2.45, 2.75) is 50.5 Å². The van der Waals surface area contributed by atoms with Gasteiger partial charge in [-0.2, -0.15) is 14.0 Å². The van der Waals surface area contributed by atoms with E-state index in [-0.39, 0.29) is 5.75 Å². The highest BCUT2D eigenvalue weighted by molar-refractivity contribution is 7.94. The SMILES string of the molecule is CC1(S(=O)(=O)Nc2ccc(-c3c(C#N)c4ccc(OC(F)F)cc4n3CC3CC3)cc2)CC1. The summed E-state index contributed by atoms with van der Waals surface area (Å²) in [6.45, 7) is -0.540. The Labute approximate surface area is 190 Å². The molecule has 5 rings (SSSR count). The Hall–Kier alpha value is -3.12. The van der Waals surface area contributed by atoms with Gasteiger partial charge in [0.2, 0.25) is 10.0 Å². The van der Waals surface area contributed by atoms with E-state index in [4.69, 9.17) is 0 Å². The molecule has 0 bridgehead atoms. The molecule has 9 heteroatoms. The molecule has 0 spiro atoms. The fourth-order valence-electron chi connectivity index (χ4n) is 4.09. The summed E-state index contributed by atoms with van der Waals surface area (Å²) in [7, 11) is -3.46. The number of anilines is 1. The van der Waals surface area contributed by atoms with Gasteiger partial charge in [0, 0.05) is 23.7 Å². The highest BCUT2D eigenvalue weighted by atomic mass is 32.2. The number of aromatic nitrogens is 1. The van der Waals surface area contributed by atoms with E-state index in [1.54, 1.807) is 43.3 Å². The number of ether oxygens (including phenoxy) is 1. The van der Waals surface area contributed by atoms with Crippen molar-refractivity contribution >= 4 is 26.6 Å². The molecule has 0 saturated heterocycles. The summed E-state index contributed by atoms with van der Waals surface area (Å²) < 4.78 is 59.1. The summed E-state index contributed by atoms with van der Waals surface area (Å²) in [5.41, 5.74) is 3.02. The lowest BCUT2D eigenvalue weighted by molar-refractivity contribution is -0.0497. The largest absolute Gasteiger partial charge is 0.435 e. The Bertz CT molecular complexity index is 1370. The van der Waals surface area contributed by atoms with Crippen LogP contribution in [0.5, 0.6) is 5.75 Å². The topological polar surface area (TPSA) is 84.1 Å². The monoisotopic (exact) mass is 471 g/mol. The number of nitriles is 1. The molecule has 0 amide bonds. The molecular weight excluding hydrogens is 448 g/mol. The van der Waals surface area contributed by atoms with Crippen LogP contribution in [-0.4, -0.2) is 24.3 Å². The molecule has 2 aliphatic rings. The average molecular weight is 472 g/mol. The van der Waals surface area contributed by atoms with Crippen LogP contribution in [0.4, 0.5) is 14.5 Å². The minimum atomic E-state index is -3.46. The first-order valence-corrected chi connectivity index (χ1v) is 12.3. The predicted octanol–water partition coefficient (Wildman–Crippen LogP) is 5.49. The van der Waals surface area contributed by atoms with Gasteiger partial charge in [-0.15, -0.1) is 0 Å². The van der Waals surface area contributed by atoms with Crippen LogP contribution in [-0.2, 0) is 16.6 Å². The van der Waals surface area contributed by atoms with Gasteiger partial charge in [-0.3, -0.25) is 4.72 Å². The molecule has 1 aromatic heterocycles. The molecule has 3 aromatic rings. The number of hydrogen-bond donors (Lipinski definition) is 1. The second-order valence-electron chi connectivity index (χ2n) is 9.08. The summed E-state index contributed by atoms with van der Waals surface area (Å²) in [4.78, 5) is 0. The van der Waals surface area contributed by atoms with E-state index in [2.05, 4.69) is 15.5 Å². The number of alkyl halides is 2. The summed E-state index contributed by atoms with van der Waals surface area (Å²) >= 11 is 0. The van der Waals surface area contributed by atoms with Gasteiger partial charge in [-0.1, -0.05) is 12.1 Å². The Balaban J connectivity index is 1.57. The molecule has 2 aliphatic carbocycles. The molecule has 6 nitrogen and oxygen atoms in total. The van der Waals surface area contributed by atoms with E-state index in [1.165, 1.54) is 6.07 Å². The zero-order valence-electron chi connectivity index (χ0n) is 18.0. The van der Waals surface area contributed by atoms with Crippen LogP contribution in [0.2, 0.25) is 0 Å². The summed E-state index contributed by atoms with van der Waals surface area (Å²) in [6.07, 6.45) is 3.44. The highest BCUT2D eigenvalue weighted by Gasteiger charge is 2.50. The van der Waals surface area contributed by atoms with Crippen molar-refractivity contribution in [2.75, 3.05) is 4.72 Å². The van der Waals surface area contributed by atoms with E-state index in [0.29, 0.717) is 53.2 Å². The molecule has 1 heterocycles. The molecule has 172 valence electrons.